The molecule has 0 atom stereocenters. The van der Waals surface area contributed by atoms with Crippen LogP contribution in [0.25, 0.3) is 0 Å². The average Bonchev–Trinajstić information content (AvgIpc) is 2.86. The number of phenolic OH excluding ortho intramolecular Hbond substituents is 1. The van der Waals surface area contributed by atoms with Crippen molar-refractivity contribution < 1.29 is 9.84 Å². The van der Waals surface area contributed by atoms with E-state index in [-0.39, 0.29) is 5.75 Å². The van der Waals surface area contributed by atoms with Gasteiger partial charge >= 0.3 is 0 Å². The van der Waals surface area contributed by atoms with Crippen LogP contribution in [0.5, 0.6) is 11.5 Å². The minimum absolute atomic E-state index is 0.0818. The molecule has 0 saturated carbocycles. The summed E-state index contributed by atoms with van der Waals surface area (Å²) in [6, 6.07) is 3.45. The van der Waals surface area contributed by atoms with E-state index in [9.17, 15) is 5.11 Å². The van der Waals surface area contributed by atoms with E-state index >= 15 is 0 Å². The van der Waals surface area contributed by atoms with Gasteiger partial charge in [-0.15, -0.1) is 10.2 Å². The summed E-state index contributed by atoms with van der Waals surface area (Å²) in [6.07, 6.45) is 4.58. The van der Waals surface area contributed by atoms with Gasteiger partial charge in [-0.3, -0.25) is 0 Å². The molecule has 0 aliphatic carbocycles. The van der Waals surface area contributed by atoms with Crippen molar-refractivity contribution in [1.29, 1.82) is 0 Å². The SMILES string of the molecule is CCOc1cc(C=Nn2cnnc2)cc(Br)c1O. The third kappa shape index (κ3) is 2.86. The largest absolute Gasteiger partial charge is 0.503 e. The molecule has 94 valence electrons. The molecule has 2 aromatic rings. The van der Waals surface area contributed by atoms with E-state index in [1.807, 2.05) is 6.92 Å². The van der Waals surface area contributed by atoms with Crippen LogP contribution in [0, 0.1) is 0 Å². The van der Waals surface area contributed by atoms with Crippen LogP contribution in [-0.2, 0) is 0 Å². The fraction of sp³-hybridized carbons (Fsp3) is 0.182. The van der Waals surface area contributed by atoms with Crippen molar-refractivity contribution in [3.05, 3.63) is 34.8 Å². The van der Waals surface area contributed by atoms with Gasteiger partial charge in [0.05, 0.1) is 17.3 Å². The predicted molar refractivity (Wildman–Crippen MR) is 70.0 cm³/mol. The molecule has 6 nitrogen and oxygen atoms in total. The number of rotatable bonds is 4. The van der Waals surface area contributed by atoms with Gasteiger partial charge in [-0.25, -0.2) is 4.68 Å². The summed E-state index contributed by atoms with van der Waals surface area (Å²) in [7, 11) is 0. The van der Waals surface area contributed by atoms with Crippen molar-refractivity contribution in [2.75, 3.05) is 6.61 Å². The molecule has 0 saturated heterocycles. The van der Waals surface area contributed by atoms with Crippen LogP contribution in [0.15, 0.2) is 34.4 Å². The molecule has 18 heavy (non-hydrogen) atoms. The van der Waals surface area contributed by atoms with E-state index in [2.05, 4.69) is 31.2 Å². The lowest BCUT2D eigenvalue weighted by Crippen LogP contribution is -1.94. The summed E-state index contributed by atoms with van der Waals surface area (Å²) in [5.74, 6) is 0.496. The third-order valence-corrected chi connectivity index (χ3v) is 2.70. The molecule has 1 aromatic heterocycles. The Kier molecular flexibility index (Phi) is 3.93. The van der Waals surface area contributed by atoms with Gasteiger partial charge in [-0.1, -0.05) is 0 Å². The van der Waals surface area contributed by atoms with Crippen LogP contribution >= 0.6 is 15.9 Å². The summed E-state index contributed by atoms with van der Waals surface area (Å²) in [4.78, 5) is 0. The number of aromatic hydroxyl groups is 1. The third-order valence-electron chi connectivity index (χ3n) is 2.10. The number of hydrogen-bond acceptors (Lipinski definition) is 5. The zero-order valence-electron chi connectivity index (χ0n) is 9.62. The second kappa shape index (κ2) is 5.63. The number of hydrogen-bond donors (Lipinski definition) is 1. The van der Waals surface area contributed by atoms with Gasteiger partial charge in [0.15, 0.2) is 11.5 Å². The van der Waals surface area contributed by atoms with Gasteiger partial charge in [0.2, 0.25) is 0 Å². The van der Waals surface area contributed by atoms with E-state index in [0.717, 1.165) is 5.56 Å². The summed E-state index contributed by atoms with van der Waals surface area (Å²) in [6.45, 7) is 2.33. The lowest BCUT2D eigenvalue weighted by atomic mass is 10.2. The Labute approximate surface area is 112 Å². The standard InChI is InChI=1S/C11H11BrN4O2/c1-2-18-10-4-8(3-9(12)11(10)17)5-15-16-6-13-14-7-16/h3-7,17H,2H2,1H3. The van der Waals surface area contributed by atoms with E-state index < -0.39 is 0 Å². The maximum absolute atomic E-state index is 9.76. The Morgan fingerprint density at radius 2 is 2.17 bits per heavy atom. The molecule has 0 bridgehead atoms. The van der Waals surface area contributed by atoms with Crippen molar-refractivity contribution in [2.24, 2.45) is 5.10 Å². The lowest BCUT2D eigenvalue weighted by molar-refractivity contribution is 0.317. The Morgan fingerprint density at radius 1 is 1.44 bits per heavy atom. The number of phenols is 1. The molecule has 0 amide bonds. The van der Waals surface area contributed by atoms with Crippen LogP contribution in [0.4, 0.5) is 0 Å². The van der Waals surface area contributed by atoms with Gasteiger partial charge in [0, 0.05) is 0 Å². The number of aromatic nitrogens is 3. The number of halogens is 1. The first-order chi connectivity index (χ1) is 8.70. The number of ether oxygens (including phenoxy) is 1. The smallest absolute Gasteiger partial charge is 0.172 e. The van der Waals surface area contributed by atoms with E-state index in [1.54, 1.807) is 18.3 Å². The average molecular weight is 311 g/mol. The highest BCUT2D eigenvalue weighted by molar-refractivity contribution is 9.10. The van der Waals surface area contributed by atoms with E-state index in [4.69, 9.17) is 4.74 Å². The lowest BCUT2D eigenvalue weighted by Gasteiger charge is -2.08. The predicted octanol–water partition coefficient (Wildman–Crippen LogP) is 2.03. The normalized spacial score (nSPS) is 11.0. The van der Waals surface area contributed by atoms with Crippen LogP contribution in [0.1, 0.15) is 12.5 Å². The molecule has 1 N–H and O–H groups in total. The fourth-order valence-corrected chi connectivity index (χ4v) is 1.78. The molecule has 7 heteroatoms. The maximum Gasteiger partial charge on any atom is 0.172 e. The van der Waals surface area contributed by atoms with Crippen LogP contribution in [0.3, 0.4) is 0 Å². The quantitative estimate of drug-likeness (QED) is 0.877. The molecule has 0 unspecified atom stereocenters. The van der Waals surface area contributed by atoms with Gasteiger partial charge in [0.1, 0.15) is 12.7 Å². The van der Waals surface area contributed by atoms with Crippen molar-refractivity contribution >= 4 is 22.1 Å². The Hall–Kier alpha value is -1.89. The zero-order chi connectivity index (χ0) is 13.0. The van der Waals surface area contributed by atoms with Gasteiger partial charge in [-0.2, -0.15) is 5.10 Å². The second-order valence-corrected chi connectivity index (χ2v) is 4.22. The maximum atomic E-state index is 9.76. The highest BCUT2D eigenvalue weighted by Crippen LogP contribution is 2.34. The summed E-state index contributed by atoms with van der Waals surface area (Å²) >= 11 is 3.26. The first kappa shape index (κ1) is 12.6. The molecule has 0 aliphatic rings. The van der Waals surface area contributed by atoms with Crippen molar-refractivity contribution in [3.8, 4) is 11.5 Å². The van der Waals surface area contributed by atoms with Crippen molar-refractivity contribution in [3.63, 3.8) is 0 Å². The fourth-order valence-electron chi connectivity index (χ4n) is 1.32. The molecular weight excluding hydrogens is 300 g/mol. The topological polar surface area (TPSA) is 72.5 Å². The highest BCUT2D eigenvalue weighted by Gasteiger charge is 2.08. The summed E-state index contributed by atoms with van der Waals surface area (Å²) in [5.41, 5.74) is 0.789. The Balaban J connectivity index is 2.28. The van der Waals surface area contributed by atoms with Crippen LogP contribution in [-0.4, -0.2) is 32.8 Å². The van der Waals surface area contributed by atoms with Gasteiger partial charge in [-0.05, 0) is 40.5 Å². The molecule has 0 radical (unpaired) electrons. The Bertz CT molecular complexity index is 554. The minimum atomic E-state index is 0.0818. The first-order valence-electron chi connectivity index (χ1n) is 5.25. The monoisotopic (exact) mass is 310 g/mol. The molecule has 0 aliphatic heterocycles. The summed E-state index contributed by atoms with van der Waals surface area (Å²) < 4.78 is 7.35. The summed E-state index contributed by atoms with van der Waals surface area (Å²) in [5, 5.41) is 21.2. The molecule has 0 fully saturated rings. The first-order valence-corrected chi connectivity index (χ1v) is 6.04. The van der Waals surface area contributed by atoms with Gasteiger partial charge in [0.25, 0.3) is 0 Å². The van der Waals surface area contributed by atoms with Gasteiger partial charge < -0.3 is 9.84 Å². The van der Waals surface area contributed by atoms with E-state index in [0.29, 0.717) is 16.8 Å². The van der Waals surface area contributed by atoms with Crippen molar-refractivity contribution in [1.82, 2.24) is 14.9 Å². The number of benzene rings is 1. The molecule has 1 heterocycles. The molecular formula is C11H11BrN4O2. The van der Waals surface area contributed by atoms with Crippen LogP contribution in [0.2, 0.25) is 0 Å². The zero-order valence-corrected chi connectivity index (χ0v) is 11.2. The van der Waals surface area contributed by atoms with Crippen molar-refractivity contribution in [2.45, 2.75) is 6.92 Å². The molecule has 0 spiro atoms. The Morgan fingerprint density at radius 3 is 2.83 bits per heavy atom. The van der Waals surface area contributed by atoms with E-state index in [1.165, 1.54) is 17.3 Å². The molecule has 2 rings (SSSR count). The number of nitrogens with zero attached hydrogens (tertiary/aromatic N) is 4. The molecule has 1 aromatic carbocycles. The van der Waals surface area contributed by atoms with Crippen LogP contribution < -0.4 is 4.74 Å². The highest BCUT2D eigenvalue weighted by atomic mass is 79.9. The minimum Gasteiger partial charge on any atom is -0.503 e. The second-order valence-electron chi connectivity index (χ2n) is 3.37.